The summed E-state index contributed by atoms with van der Waals surface area (Å²) in [7, 11) is 0. The number of hydrogen-bond donors (Lipinski definition) is 1. The van der Waals surface area contributed by atoms with Crippen LogP contribution in [0.2, 0.25) is 0 Å². The van der Waals surface area contributed by atoms with E-state index in [-0.39, 0.29) is 5.60 Å². The van der Waals surface area contributed by atoms with E-state index in [0.29, 0.717) is 5.92 Å². The summed E-state index contributed by atoms with van der Waals surface area (Å²) in [6, 6.07) is 0. The molecule has 1 aliphatic carbocycles. The Kier molecular flexibility index (Phi) is 3.57. The minimum Gasteiger partial charge on any atom is -0.390 e. The van der Waals surface area contributed by atoms with E-state index in [1.165, 1.54) is 32.1 Å². The lowest BCUT2D eigenvalue weighted by Gasteiger charge is -2.38. The van der Waals surface area contributed by atoms with Crippen LogP contribution in [0.5, 0.6) is 0 Å². The molecule has 0 radical (unpaired) electrons. The fraction of sp³-hybridized carbons (Fsp3) is 1.00. The molecule has 0 aromatic rings. The first-order valence-electron chi connectivity index (χ1n) is 5.41. The standard InChI is InChI=1S/C11H22O/c1-3-4-8-11(12)9-6-5-7-10(11)2/h10,12H,3-9H2,1-2H3/t10-,11+/m0/s1. The van der Waals surface area contributed by atoms with Gasteiger partial charge in [-0.05, 0) is 25.2 Å². The highest BCUT2D eigenvalue weighted by Crippen LogP contribution is 2.36. The van der Waals surface area contributed by atoms with Gasteiger partial charge in [-0.3, -0.25) is 0 Å². The van der Waals surface area contributed by atoms with Gasteiger partial charge in [-0.15, -0.1) is 0 Å². The van der Waals surface area contributed by atoms with Crippen molar-refractivity contribution in [3.05, 3.63) is 0 Å². The second kappa shape index (κ2) is 4.27. The van der Waals surface area contributed by atoms with Gasteiger partial charge in [0.15, 0.2) is 0 Å². The van der Waals surface area contributed by atoms with E-state index in [9.17, 15) is 5.11 Å². The van der Waals surface area contributed by atoms with Gasteiger partial charge in [0.05, 0.1) is 5.60 Å². The molecular weight excluding hydrogens is 148 g/mol. The van der Waals surface area contributed by atoms with Crippen LogP contribution < -0.4 is 0 Å². The normalized spacial score (nSPS) is 36.8. The number of aliphatic hydroxyl groups is 1. The molecule has 0 saturated heterocycles. The highest BCUT2D eigenvalue weighted by molar-refractivity contribution is 4.87. The number of unbranched alkanes of at least 4 members (excludes halogenated alkanes) is 1. The first kappa shape index (κ1) is 10.0. The summed E-state index contributed by atoms with van der Waals surface area (Å²) in [6.07, 6.45) is 8.20. The summed E-state index contributed by atoms with van der Waals surface area (Å²) in [5.41, 5.74) is -0.311. The van der Waals surface area contributed by atoms with Crippen LogP contribution in [0.25, 0.3) is 0 Å². The number of hydrogen-bond acceptors (Lipinski definition) is 1. The van der Waals surface area contributed by atoms with E-state index in [2.05, 4.69) is 13.8 Å². The van der Waals surface area contributed by atoms with Gasteiger partial charge in [-0.1, -0.05) is 39.5 Å². The Morgan fingerprint density at radius 1 is 1.42 bits per heavy atom. The molecule has 0 bridgehead atoms. The van der Waals surface area contributed by atoms with Crippen LogP contribution >= 0.6 is 0 Å². The van der Waals surface area contributed by atoms with Crippen LogP contribution in [-0.4, -0.2) is 10.7 Å². The molecule has 1 nitrogen and oxygen atoms in total. The molecule has 1 heteroatoms. The van der Waals surface area contributed by atoms with Crippen molar-refractivity contribution >= 4 is 0 Å². The predicted molar refractivity (Wildman–Crippen MR) is 52.1 cm³/mol. The molecule has 2 atom stereocenters. The Morgan fingerprint density at radius 3 is 2.75 bits per heavy atom. The Balaban J connectivity index is 2.42. The summed E-state index contributed by atoms with van der Waals surface area (Å²) >= 11 is 0. The molecule has 0 aromatic heterocycles. The van der Waals surface area contributed by atoms with E-state index >= 15 is 0 Å². The molecule has 0 amide bonds. The first-order valence-corrected chi connectivity index (χ1v) is 5.41. The Hall–Kier alpha value is -0.0400. The van der Waals surface area contributed by atoms with Crippen LogP contribution in [0.1, 0.15) is 58.8 Å². The highest BCUT2D eigenvalue weighted by atomic mass is 16.3. The van der Waals surface area contributed by atoms with Crippen molar-refractivity contribution < 1.29 is 5.11 Å². The molecule has 1 fully saturated rings. The highest BCUT2D eigenvalue weighted by Gasteiger charge is 2.34. The van der Waals surface area contributed by atoms with Crippen molar-refractivity contribution in [3.8, 4) is 0 Å². The van der Waals surface area contributed by atoms with Gasteiger partial charge in [0.2, 0.25) is 0 Å². The molecule has 12 heavy (non-hydrogen) atoms. The van der Waals surface area contributed by atoms with Crippen LogP contribution in [0, 0.1) is 5.92 Å². The monoisotopic (exact) mass is 170 g/mol. The van der Waals surface area contributed by atoms with Crippen LogP contribution in [0.15, 0.2) is 0 Å². The van der Waals surface area contributed by atoms with Gasteiger partial charge >= 0.3 is 0 Å². The third-order valence-corrected chi connectivity index (χ3v) is 3.38. The molecule has 1 aliphatic rings. The summed E-state index contributed by atoms with van der Waals surface area (Å²) in [5.74, 6) is 0.526. The Morgan fingerprint density at radius 2 is 2.17 bits per heavy atom. The van der Waals surface area contributed by atoms with E-state index < -0.39 is 0 Å². The maximum Gasteiger partial charge on any atom is 0.0673 e. The third-order valence-electron chi connectivity index (χ3n) is 3.38. The van der Waals surface area contributed by atoms with Crippen molar-refractivity contribution in [1.82, 2.24) is 0 Å². The lowest BCUT2D eigenvalue weighted by Crippen LogP contribution is -2.38. The van der Waals surface area contributed by atoms with Gasteiger partial charge < -0.3 is 5.11 Å². The van der Waals surface area contributed by atoms with Gasteiger partial charge in [-0.2, -0.15) is 0 Å². The average Bonchev–Trinajstić information content (AvgIpc) is 2.07. The van der Waals surface area contributed by atoms with Gasteiger partial charge in [0.25, 0.3) is 0 Å². The smallest absolute Gasteiger partial charge is 0.0673 e. The minimum atomic E-state index is -0.311. The molecular formula is C11H22O. The third kappa shape index (κ3) is 2.22. The fourth-order valence-corrected chi connectivity index (χ4v) is 2.25. The van der Waals surface area contributed by atoms with Gasteiger partial charge in [0.1, 0.15) is 0 Å². The molecule has 1 N–H and O–H groups in total. The summed E-state index contributed by atoms with van der Waals surface area (Å²) < 4.78 is 0. The molecule has 0 heterocycles. The second-order valence-corrected chi connectivity index (χ2v) is 4.35. The molecule has 1 rings (SSSR count). The van der Waals surface area contributed by atoms with E-state index in [4.69, 9.17) is 0 Å². The predicted octanol–water partition coefficient (Wildman–Crippen LogP) is 3.12. The molecule has 72 valence electrons. The van der Waals surface area contributed by atoms with Crippen molar-refractivity contribution in [2.45, 2.75) is 64.4 Å². The SMILES string of the molecule is CCCC[C@@]1(O)CCCC[C@@H]1C. The summed E-state index contributed by atoms with van der Waals surface area (Å²) in [4.78, 5) is 0. The zero-order chi connectivity index (χ0) is 9.03. The maximum absolute atomic E-state index is 10.3. The number of rotatable bonds is 3. The first-order chi connectivity index (χ1) is 5.69. The maximum atomic E-state index is 10.3. The van der Waals surface area contributed by atoms with Crippen LogP contribution in [0.4, 0.5) is 0 Å². The Labute approximate surface area is 76.2 Å². The van der Waals surface area contributed by atoms with Crippen LogP contribution in [-0.2, 0) is 0 Å². The lowest BCUT2D eigenvalue weighted by atomic mass is 9.74. The van der Waals surface area contributed by atoms with Crippen molar-refractivity contribution in [3.63, 3.8) is 0 Å². The van der Waals surface area contributed by atoms with E-state index in [1.54, 1.807) is 0 Å². The topological polar surface area (TPSA) is 20.2 Å². The summed E-state index contributed by atoms with van der Waals surface area (Å²) in [6.45, 7) is 4.39. The van der Waals surface area contributed by atoms with E-state index in [0.717, 1.165) is 12.8 Å². The molecule has 0 spiro atoms. The lowest BCUT2D eigenvalue weighted by molar-refractivity contribution is -0.0493. The van der Waals surface area contributed by atoms with Gasteiger partial charge in [-0.25, -0.2) is 0 Å². The molecule has 1 saturated carbocycles. The fourth-order valence-electron chi connectivity index (χ4n) is 2.25. The average molecular weight is 170 g/mol. The second-order valence-electron chi connectivity index (χ2n) is 4.35. The quantitative estimate of drug-likeness (QED) is 0.690. The molecule has 0 aromatic carbocycles. The molecule has 0 aliphatic heterocycles. The molecule has 0 unspecified atom stereocenters. The largest absolute Gasteiger partial charge is 0.390 e. The van der Waals surface area contributed by atoms with Gasteiger partial charge in [0, 0.05) is 0 Å². The summed E-state index contributed by atoms with van der Waals surface area (Å²) in [5, 5.41) is 10.3. The Bertz CT molecular complexity index is 133. The van der Waals surface area contributed by atoms with Crippen molar-refractivity contribution in [2.24, 2.45) is 5.92 Å². The van der Waals surface area contributed by atoms with Crippen LogP contribution in [0.3, 0.4) is 0 Å². The van der Waals surface area contributed by atoms with E-state index in [1.807, 2.05) is 0 Å². The zero-order valence-electron chi connectivity index (χ0n) is 8.47. The zero-order valence-corrected chi connectivity index (χ0v) is 8.47. The van der Waals surface area contributed by atoms with Crippen molar-refractivity contribution in [2.75, 3.05) is 0 Å². The van der Waals surface area contributed by atoms with Crippen molar-refractivity contribution in [1.29, 1.82) is 0 Å². The minimum absolute atomic E-state index is 0.311.